The van der Waals surface area contributed by atoms with Gasteiger partial charge in [-0.25, -0.2) is 12.7 Å². The average molecular weight is 2310 g/mol. The van der Waals surface area contributed by atoms with Gasteiger partial charge in [-0.1, -0.05) is 271 Å². The number of guanidine groups is 1. The minimum Gasteiger partial charge on any atom is -0.657 e. The van der Waals surface area contributed by atoms with Gasteiger partial charge in [-0.3, -0.25) is 49.9 Å². The molecule has 1 fully saturated rings. The number of carbonyl (C=O) groups excluding carboxylic acids is 7. The summed E-state index contributed by atoms with van der Waals surface area (Å²) in [6, 6.07) is 3.86. The molecule has 35 heteroatoms. The molecule has 1 aromatic heterocycles. The molecular weight excluding hydrogens is 2080 g/mol. The molecule has 2 aliphatic heterocycles. The van der Waals surface area contributed by atoms with Crippen LogP contribution in [-0.4, -0.2) is 399 Å². The number of carbonyl (C=O) groups is 7. The number of likely N-dealkylation sites (tertiary alicyclic amines) is 1. The molecule has 142 heavy (non-hydrogen) atoms. The van der Waals surface area contributed by atoms with Gasteiger partial charge in [-0.2, -0.15) is 12.3 Å². The van der Waals surface area contributed by atoms with E-state index < -0.39 is 10.0 Å². The summed E-state index contributed by atoms with van der Waals surface area (Å²) in [6.45, 7) is 87.7. The van der Waals surface area contributed by atoms with Crippen LogP contribution in [-0.2, 0) is 109 Å². The fraction of sp³-hybridized carbons (Fsp3) is 0.841. The minimum absolute atomic E-state index is 0. The fourth-order valence-electron chi connectivity index (χ4n) is 13.7. The molecule has 0 aromatic carbocycles. The molecule has 0 aliphatic carbocycles. The van der Waals surface area contributed by atoms with Crippen LogP contribution in [0, 0.1) is 71.0 Å². The normalized spacial score (nSPS) is 13.1. The summed E-state index contributed by atoms with van der Waals surface area (Å²) in [5.41, 5.74) is 2.44. The molecule has 1 aromatic rings. The van der Waals surface area contributed by atoms with E-state index in [1.807, 2.05) is 192 Å². The molecule has 1 saturated heterocycles. The second-order valence-corrected chi connectivity index (χ2v) is 51.7. The second-order valence-electron chi connectivity index (χ2n) is 49.6. The predicted molar refractivity (Wildman–Crippen MR) is 601 cm³/mol. The maximum atomic E-state index is 12.1. The topological polar surface area (TPSA) is 302 Å². The number of hydrogen-bond donors (Lipinski definition) is 0. The van der Waals surface area contributed by atoms with Crippen LogP contribution in [0.25, 0.3) is 10.6 Å². The first-order valence-electron chi connectivity index (χ1n) is 47.1. The molecule has 7 amide bonds. The van der Waals surface area contributed by atoms with Gasteiger partial charge in [0.25, 0.3) is 11.8 Å². The maximum Gasteiger partial charge on any atom is 0.288 e. The zero-order valence-corrected chi connectivity index (χ0v) is 104. The summed E-state index contributed by atoms with van der Waals surface area (Å²) in [4.78, 5) is 116. The Kier molecular flexibility index (Phi) is 94.0. The van der Waals surface area contributed by atoms with Crippen LogP contribution in [0.3, 0.4) is 0 Å². The summed E-state index contributed by atoms with van der Waals surface area (Å²) >= 11 is 0. The van der Waals surface area contributed by atoms with E-state index in [-0.39, 0.29) is 184 Å². The van der Waals surface area contributed by atoms with E-state index in [1.165, 1.54) is 17.6 Å². The van der Waals surface area contributed by atoms with Crippen molar-refractivity contribution in [1.82, 2.24) is 72.6 Å². The standard InChI is InChI=1S/C12H24N2O.C12H20N2O.C11H21N3O.C10H20N4.C10H21NO.C9H20N2O.C9H19N2O.C8H17N2.C8H17NO.C7H17NO2S.C7H15NO.4CH4.3Rh/c2*1-12(2,3)9-14(5)11(15)10-7-6-8-13(10)4;1-11(2,3)8-14(5)10(15)9-12-6-7-13(9)4;1-10(2,3)7-14(6)9(12-8-11)13(4)5;1-9(12-6)7-11(5)8-10(2,3)4;1-9(2,3)7-11(5)6-8(12)10-4;1-9(2,3)7-11(5)8(12)6-10-4;1-8(2,3)6-10(5)7-9-4;1-7(10)9(5)6-8(2,3)4;1-7(2,3)6-8(4)11(5,9)10;1-7(2,3)6(9)8(4)5;;;;;;;/h10H,6-9H2,1-5H3;6-8H,9H2,1-5H3;6-8H2,1-5H3;7H2,1-6H3;1,7-8H2,2-6H3;6-7H2,1-5H3,(H,10,12);6-7H2,1-5H3;2*6H2,1-5H3;6H2,1-5H3;1-5H3;4*1H4;;;/q;;;;;;2*-1;;;;;;;;;;/p-1. The Morgan fingerprint density at radius 1 is 0.521 bits per heavy atom. The van der Waals surface area contributed by atoms with Gasteiger partial charge in [0.1, 0.15) is 11.5 Å². The van der Waals surface area contributed by atoms with E-state index in [0.717, 1.165) is 109 Å². The van der Waals surface area contributed by atoms with Gasteiger partial charge in [-0.05, 0) is 127 Å². The van der Waals surface area contributed by atoms with Crippen LogP contribution in [0.4, 0.5) is 0 Å². The predicted octanol–water partition coefficient (Wildman–Crippen LogP) is 18.6. The van der Waals surface area contributed by atoms with Crippen molar-refractivity contribution in [2.45, 2.75) is 284 Å². The van der Waals surface area contributed by atoms with Gasteiger partial charge in [0.15, 0.2) is 5.84 Å². The molecule has 855 valence electrons. The Labute approximate surface area is 916 Å². The van der Waals surface area contributed by atoms with Crippen molar-refractivity contribution in [2.75, 3.05) is 252 Å². The van der Waals surface area contributed by atoms with Crippen molar-refractivity contribution in [2.24, 2.45) is 81.6 Å². The number of sulfonamides is 1. The molecule has 1 unspecified atom stereocenters. The summed E-state index contributed by atoms with van der Waals surface area (Å²) < 4.78 is 30.1. The Morgan fingerprint density at radius 3 is 1.14 bits per heavy atom. The number of aromatic nitrogens is 1. The molecule has 0 bridgehead atoms. The van der Waals surface area contributed by atoms with Crippen LogP contribution in [0.2, 0.25) is 0 Å². The number of amides is 7. The fourth-order valence-corrected chi connectivity index (χ4v) is 14.3. The van der Waals surface area contributed by atoms with Crippen molar-refractivity contribution >= 4 is 69.5 Å². The molecule has 3 rings (SSSR count). The SMILES string of the molecule is C.C.C.C.C=C(CN(C)CC(C)(C)C)OC.CC(=O)N(C)CC(C)(C)C.CN(C)C(=NC#N)N(C)CC(C)(C)C.CN(C)C(=O)C(C)(C)C.CN(CC(C)(C)C)C(=O)C1=NCCN1C.CN(CC(C)(C)C)C(=O)C1CCCN1C.CN(CC(C)(C)C)C(=O)c1cccn1C.CN(CC(C)(C)C)S(C)(=O)=O.CN=[C-]N(C)CC(C)(C)C.C[N-]C(=O)CN(C)CC(C)(C)C.C[N-]CC(=O)N(C)CC(C)(C)C.[Rh].[Rh].[Rh]. The molecule has 1 atom stereocenters. The smallest absolute Gasteiger partial charge is 0.288 e. The summed E-state index contributed by atoms with van der Waals surface area (Å²) in [6.07, 6.45) is 9.96. The number of aliphatic imine (C=N–C) groups is 3. The maximum absolute atomic E-state index is 12.1. The molecular formula is C107H226N21O10Rh3S-3. The number of rotatable bonds is 22. The second kappa shape index (κ2) is 78.6. The molecule has 0 spiro atoms. The van der Waals surface area contributed by atoms with E-state index in [4.69, 9.17) is 10.00 Å². The third-order valence-corrected chi connectivity index (χ3v) is 19.1. The van der Waals surface area contributed by atoms with Gasteiger partial charge >= 0.3 is 0 Å². The van der Waals surface area contributed by atoms with Crippen molar-refractivity contribution in [3.8, 4) is 6.19 Å². The van der Waals surface area contributed by atoms with Gasteiger partial charge in [0, 0.05) is 241 Å². The van der Waals surface area contributed by atoms with E-state index in [2.05, 4.69) is 242 Å². The van der Waals surface area contributed by atoms with Gasteiger partial charge in [0.05, 0.1) is 38.4 Å². The number of likely N-dealkylation sites (N-methyl/N-ethyl adjacent to an activating group) is 9. The van der Waals surface area contributed by atoms with Crippen LogP contribution in [0.15, 0.2) is 45.6 Å². The number of nitriles is 1. The first-order valence-corrected chi connectivity index (χ1v) is 49.0. The van der Waals surface area contributed by atoms with Gasteiger partial charge < -0.3 is 83.6 Å². The van der Waals surface area contributed by atoms with Crippen LogP contribution in [0.1, 0.15) is 288 Å². The quantitative estimate of drug-likeness (QED) is 0.0198. The number of aryl methyl sites for hydroxylation is 1. The third-order valence-electron chi connectivity index (χ3n) is 17.9. The van der Waals surface area contributed by atoms with Crippen molar-refractivity contribution < 1.29 is 105 Å². The van der Waals surface area contributed by atoms with Crippen molar-refractivity contribution in [3.63, 3.8) is 0 Å². The monoisotopic (exact) mass is 2310 g/mol. The Bertz CT molecular complexity index is 3740. The number of ether oxygens (including phenoxy) is 1. The molecule has 0 saturated carbocycles. The molecule has 3 radical (unpaired) electrons. The van der Waals surface area contributed by atoms with Gasteiger partial charge in [0.2, 0.25) is 45.8 Å². The molecule has 0 N–H and O–H groups in total. The van der Waals surface area contributed by atoms with E-state index in [1.54, 1.807) is 73.8 Å². The summed E-state index contributed by atoms with van der Waals surface area (Å²) in [7, 11) is 35.5. The van der Waals surface area contributed by atoms with E-state index in [9.17, 15) is 42.0 Å². The molecule has 2 aliphatic rings. The average Bonchev–Trinajstić information content (AvgIpc) is 1.69. The number of hydrogen-bond acceptors (Lipinski definition) is 18. The number of methoxy groups -OCH3 is 1. The first-order chi connectivity index (χ1) is 60.0. The number of amidine groups is 1. The van der Waals surface area contributed by atoms with Crippen LogP contribution in [0.5, 0.6) is 0 Å². The van der Waals surface area contributed by atoms with Crippen molar-refractivity contribution in [3.05, 3.63) is 47.0 Å². The zero-order chi connectivity index (χ0) is 109. The van der Waals surface area contributed by atoms with Crippen molar-refractivity contribution in [1.29, 1.82) is 5.26 Å². The molecule has 3 heterocycles. The first kappa shape index (κ1) is 170. The number of nitrogens with zero attached hydrogens (tertiary/aromatic N) is 21. The van der Waals surface area contributed by atoms with Crippen LogP contribution >= 0.6 is 0 Å². The molecule has 31 nitrogen and oxygen atoms in total. The summed E-state index contributed by atoms with van der Waals surface area (Å²) in [5, 5.41) is 15.9. The minimum atomic E-state index is -3.00. The largest absolute Gasteiger partial charge is 0.657 e. The van der Waals surface area contributed by atoms with E-state index in [0.29, 0.717) is 42.3 Å². The Morgan fingerprint density at radius 2 is 0.880 bits per heavy atom. The van der Waals surface area contributed by atoms with Gasteiger partial charge in [-0.15, -0.1) is 12.0 Å². The third kappa shape index (κ3) is 104. The Hall–Kier alpha value is -5.57. The zero-order valence-electron chi connectivity index (χ0n) is 98.6. The van der Waals surface area contributed by atoms with E-state index >= 15 is 0 Å². The summed E-state index contributed by atoms with van der Waals surface area (Å²) in [5.74, 6) is 2.85. The van der Waals surface area contributed by atoms with Crippen LogP contribution < -0.4 is 0 Å². The Balaban J connectivity index is -0.0000000960.